The van der Waals surface area contributed by atoms with Crippen LogP contribution in [-0.4, -0.2) is 34.6 Å². The van der Waals surface area contributed by atoms with E-state index in [4.69, 9.17) is 28.9 Å². The van der Waals surface area contributed by atoms with Crippen LogP contribution < -0.4 is 21.7 Å². The third-order valence-corrected chi connectivity index (χ3v) is 10.2. The average molecular weight is 689 g/mol. The molecule has 3 aromatic carbocycles. The summed E-state index contributed by atoms with van der Waals surface area (Å²) in [5.74, 6) is -0.533. The molecule has 1 fully saturated rings. The lowest BCUT2D eigenvalue weighted by Gasteiger charge is -2.41. The molecule has 3 heterocycles. The van der Waals surface area contributed by atoms with Crippen molar-refractivity contribution in [2.75, 3.05) is 23.7 Å². The smallest absolute Gasteiger partial charge is 0.141 e. The van der Waals surface area contributed by atoms with Crippen molar-refractivity contribution in [1.29, 1.82) is 5.26 Å². The van der Waals surface area contributed by atoms with Crippen molar-refractivity contribution in [1.82, 2.24) is 15.2 Å². The molecular weight excluding hydrogens is 652 g/mol. The largest absolute Gasteiger partial charge is 0.399 e. The number of benzene rings is 3. The molecule has 1 aliphatic heterocycles. The van der Waals surface area contributed by atoms with Gasteiger partial charge in [-0.25, -0.2) is 4.39 Å². The zero-order chi connectivity index (χ0) is 33.3. The normalized spacial score (nSPS) is 15.5. The maximum atomic E-state index is 13.9. The summed E-state index contributed by atoms with van der Waals surface area (Å²) >= 11 is 14.5. The summed E-state index contributed by atoms with van der Waals surface area (Å²) in [6.07, 6.45) is 5.46. The quantitative estimate of drug-likeness (QED) is 0.129. The van der Waals surface area contributed by atoms with Gasteiger partial charge < -0.3 is 21.7 Å². The number of rotatable bonds is 8. The number of nitrogens with zero attached hydrogens (tertiary/aromatic N) is 3. The highest BCUT2D eigenvalue weighted by atomic mass is 35.5. The summed E-state index contributed by atoms with van der Waals surface area (Å²) < 4.78 is 15.1. The standard InChI is InChI=1S/C36H36Cl2FN7S/c1-36(2,3)46-12-10-22(11-13-46)42-19-31(41)35(27-20-47-32-7-5-4-6-25(27)32)45-24-14-26-33(44-23-8-9-30(39)28(37)15-23)21(17-40)18-43-34(26)29(38)16-24/h4-9,14-16,18-20,22,35,42,45H,10-13,41H2,1-3H3,(H,43,44)/b31-19-/t35-/m0/s1. The second kappa shape index (κ2) is 13.6. The Morgan fingerprint density at radius 1 is 1.09 bits per heavy atom. The van der Waals surface area contributed by atoms with Crippen LogP contribution in [0.1, 0.15) is 50.8 Å². The highest BCUT2D eigenvalue weighted by Crippen LogP contribution is 2.39. The summed E-state index contributed by atoms with van der Waals surface area (Å²) in [5, 5.41) is 24.7. The van der Waals surface area contributed by atoms with E-state index in [9.17, 15) is 9.65 Å². The minimum absolute atomic E-state index is 0.0336. The predicted octanol–water partition coefficient (Wildman–Crippen LogP) is 9.32. The molecule has 5 N–H and O–H groups in total. The van der Waals surface area contributed by atoms with E-state index in [-0.39, 0.29) is 16.6 Å². The molecule has 0 unspecified atom stereocenters. The molecular formula is C36H36Cl2FN7S. The zero-order valence-electron chi connectivity index (χ0n) is 26.4. The van der Waals surface area contributed by atoms with Crippen LogP contribution in [0.25, 0.3) is 21.0 Å². The molecule has 1 atom stereocenters. The van der Waals surface area contributed by atoms with Crippen molar-refractivity contribution >= 4 is 72.6 Å². The Kier molecular flexibility index (Phi) is 9.49. The number of nitrogens with two attached hydrogens (primary N) is 1. The van der Waals surface area contributed by atoms with Crippen LogP contribution in [0.2, 0.25) is 10.0 Å². The second-order valence-corrected chi connectivity index (χ2v) is 14.5. The molecule has 5 aromatic rings. The van der Waals surface area contributed by atoms with Crippen LogP contribution in [0.3, 0.4) is 0 Å². The predicted molar refractivity (Wildman–Crippen MR) is 194 cm³/mol. The summed E-state index contributed by atoms with van der Waals surface area (Å²) in [5.41, 5.74) is 11.2. The van der Waals surface area contributed by atoms with Crippen molar-refractivity contribution in [3.8, 4) is 6.07 Å². The van der Waals surface area contributed by atoms with Gasteiger partial charge in [0.25, 0.3) is 0 Å². The molecule has 2 aromatic heterocycles. The van der Waals surface area contributed by atoms with Gasteiger partial charge in [0, 0.05) is 58.5 Å². The Labute approximate surface area is 288 Å². The summed E-state index contributed by atoms with van der Waals surface area (Å²) in [4.78, 5) is 6.99. The van der Waals surface area contributed by atoms with Crippen molar-refractivity contribution in [3.63, 3.8) is 0 Å². The fourth-order valence-corrected chi connectivity index (χ4v) is 7.46. The number of thiophene rings is 1. The second-order valence-electron chi connectivity index (χ2n) is 12.8. The van der Waals surface area contributed by atoms with E-state index in [0.29, 0.717) is 50.3 Å². The lowest BCUT2D eigenvalue weighted by atomic mass is 9.98. The van der Waals surface area contributed by atoms with Gasteiger partial charge in [0.05, 0.1) is 38.6 Å². The van der Waals surface area contributed by atoms with Crippen LogP contribution in [0.5, 0.6) is 0 Å². The van der Waals surface area contributed by atoms with Crippen molar-refractivity contribution < 1.29 is 4.39 Å². The fraction of sp³-hybridized carbons (Fsp3) is 0.278. The summed E-state index contributed by atoms with van der Waals surface area (Å²) in [7, 11) is 0. The maximum absolute atomic E-state index is 13.9. The van der Waals surface area contributed by atoms with Crippen LogP contribution in [0.4, 0.5) is 21.5 Å². The van der Waals surface area contributed by atoms with Gasteiger partial charge in [-0.3, -0.25) is 9.88 Å². The number of hydrogen-bond donors (Lipinski definition) is 4. The Morgan fingerprint density at radius 3 is 2.55 bits per heavy atom. The fourth-order valence-electron chi connectivity index (χ4n) is 6.02. The Morgan fingerprint density at radius 2 is 1.83 bits per heavy atom. The Hall–Kier alpha value is -4.07. The highest BCUT2D eigenvalue weighted by Gasteiger charge is 2.27. The van der Waals surface area contributed by atoms with Gasteiger partial charge in [0.1, 0.15) is 11.9 Å². The number of pyridine rings is 1. The molecule has 0 aliphatic carbocycles. The molecule has 0 radical (unpaired) electrons. The summed E-state index contributed by atoms with van der Waals surface area (Å²) in [6, 6.07) is 18.4. The minimum atomic E-state index is -0.533. The van der Waals surface area contributed by atoms with E-state index < -0.39 is 5.82 Å². The molecule has 11 heteroatoms. The van der Waals surface area contributed by atoms with Crippen LogP contribution in [0.15, 0.2) is 78.1 Å². The Bertz CT molecular complexity index is 2010. The van der Waals surface area contributed by atoms with Crippen LogP contribution in [0, 0.1) is 17.1 Å². The molecule has 0 saturated carbocycles. The molecule has 0 spiro atoms. The molecule has 1 aliphatic rings. The van der Waals surface area contributed by atoms with E-state index in [1.807, 2.05) is 30.5 Å². The zero-order valence-corrected chi connectivity index (χ0v) is 28.7. The number of likely N-dealkylation sites (tertiary alicyclic amines) is 1. The molecule has 7 nitrogen and oxygen atoms in total. The maximum Gasteiger partial charge on any atom is 0.141 e. The third-order valence-electron chi connectivity index (χ3n) is 8.63. The van der Waals surface area contributed by atoms with Crippen molar-refractivity contribution in [2.45, 2.75) is 51.2 Å². The van der Waals surface area contributed by atoms with Crippen LogP contribution in [-0.2, 0) is 0 Å². The van der Waals surface area contributed by atoms with E-state index in [0.717, 1.165) is 41.6 Å². The van der Waals surface area contributed by atoms with Gasteiger partial charge in [-0.15, -0.1) is 11.3 Å². The van der Waals surface area contributed by atoms with Gasteiger partial charge in [0.15, 0.2) is 0 Å². The number of fused-ring (bicyclic) bond motifs is 2. The molecule has 6 rings (SSSR count). The van der Waals surface area contributed by atoms with Gasteiger partial charge in [0.2, 0.25) is 0 Å². The lowest BCUT2D eigenvalue weighted by molar-refractivity contribution is 0.0988. The SMILES string of the molecule is CC(C)(C)N1CCC(N/C=C(\N)[C@@H](Nc2cc(Cl)c3ncc(C#N)c(Nc4ccc(F)c(Cl)c4)c3c2)c2csc3ccccc23)CC1. The van der Waals surface area contributed by atoms with Crippen LogP contribution >= 0.6 is 34.5 Å². The number of halogens is 3. The molecule has 0 amide bonds. The number of hydrogen-bond acceptors (Lipinski definition) is 8. The van der Waals surface area contributed by atoms with E-state index in [1.54, 1.807) is 17.4 Å². The number of nitriles is 1. The van der Waals surface area contributed by atoms with Gasteiger partial charge in [-0.1, -0.05) is 41.4 Å². The number of nitrogens with one attached hydrogen (secondary N) is 3. The summed E-state index contributed by atoms with van der Waals surface area (Å²) in [6.45, 7) is 8.83. The van der Waals surface area contributed by atoms with Gasteiger partial charge in [-0.05, 0) is 86.3 Å². The van der Waals surface area contributed by atoms with Crippen molar-refractivity contribution in [3.05, 3.63) is 105 Å². The first-order valence-electron chi connectivity index (χ1n) is 15.5. The molecule has 47 heavy (non-hydrogen) atoms. The van der Waals surface area contributed by atoms with Crippen molar-refractivity contribution in [2.24, 2.45) is 5.73 Å². The topological polar surface area (TPSA) is 102 Å². The Balaban J connectivity index is 1.36. The first kappa shape index (κ1) is 32.9. The first-order valence-corrected chi connectivity index (χ1v) is 17.1. The first-order chi connectivity index (χ1) is 22.5. The van der Waals surface area contributed by atoms with Gasteiger partial charge >= 0.3 is 0 Å². The lowest BCUT2D eigenvalue weighted by Crippen LogP contribution is -2.49. The van der Waals surface area contributed by atoms with E-state index >= 15 is 0 Å². The minimum Gasteiger partial charge on any atom is -0.399 e. The van der Waals surface area contributed by atoms with Gasteiger partial charge in [-0.2, -0.15) is 5.26 Å². The highest BCUT2D eigenvalue weighted by molar-refractivity contribution is 7.17. The number of anilines is 3. The number of aromatic nitrogens is 1. The molecule has 242 valence electrons. The van der Waals surface area contributed by atoms with E-state index in [1.165, 1.54) is 18.3 Å². The molecule has 0 bridgehead atoms. The molecule has 1 saturated heterocycles. The van der Waals surface area contributed by atoms with E-state index in [2.05, 4.69) is 70.2 Å². The monoisotopic (exact) mass is 687 g/mol. The third kappa shape index (κ3) is 7.12. The average Bonchev–Trinajstić information content (AvgIpc) is 3.48. The number of piperidine rings is 1.